The Morgan fingerprint density at radius 1 is 1.32 bits per heavy atom. The number of nitrogens with one attached hydrogen (secondary N) is 1. The molecule has 0 unspecified atom stereocenters. The molecule has 0 aliphatic carbocycles. The molecule has 1 aromatic carbocycles. The van der Waals surface area contributed by atoms with Crippen LogP contribution in [-0.2, 0) is 4.74 Å². The van der Waals surface area contributed by atoms with Gasteiger partial charge >= 0.3 is 0 Å². The fraction of sp³-hybridized carbons (Fsp3) is 0.429. The van der Waals surface area contributed by atoms with Crippen LogP contribution in [0.5, 0.6) is 0 Å². The molecule has 2 heterocycles. The van der Waals surface area contributed by atoms with Crippen molar-refractivity contribution in [2.24, 2.45) is 5.41 Å². The average Bonchev–Trinajstić information content (AvgIpc) is 2.81. The maximum Gasteiger partial charge on any atom is 0.260 e. The number of nitrogens with zero attached hydrogens (tertiary/aromatic N) is 2. The topological polar surface area (TPSA) is 60.2 Å². The molecule has 5 heteroatoms. The van der Waals surface area contributed by atoms with Crippen molar-refractivity contribution in [1.29, 1.82) is 0 Å². The normalized spacial score (nSPS) is 16.9. The maximum atomic E-state index is 5.26. The van der Waals surface area contributed by atoms with Gasteiger partial charge in [-0.3, -0.25) is 0 Å². The van der Waals surface area contributed by atoms with Crippen molar-refractivity contribution in [2.45, 2.75) is 13.8 Å². The molecule has 0 saturated carbocycles. The van der Waals surface area contributed by atoms with E-state index in [0.29, 0.717) is 11.7 Å². The minimum Gasteiger partial charge on any atom is -0.384 e. The highest BCUT2D eigenvalue weighted by Crippen LogP contribution is 2.30. The Morgan fingerprint density at radius 2 is 2.11 bits per heavy atom. The van der Waals surface area contributed by atoms with Gasteiger partial charge in [-0.1, -0.05) is 24.2 Å². The molecule has 100 valence electrons. The lowest BCUT2D eigenvalue weighted by atomic mass is 9.88. The summed E-state index contributed by atoms with van der Waals surface area (Å²) in [6, 6.07) is 7.97. The van der Waals surface area contributed by atoms with Crippen LogP contribution in [0.2, 0.25) is 0 Å². The molecule has 0 amide bonds. The van der Waals surface area contributed by atoms with Gasteiger partial charge in [0.15, 0.2) is 5.82 Å². The first-order chi connectivity index (χ1) is 9.16. The predicted molar refractivity (Wildman–Crippen MR) is 71.9 cm³/mol. The van der Waals surface area contributed by atoms with Crippen LogP contribution in [0.4, 0.5) is 5.69 Å². The molecule has 3 rings (SSSR count). The average molecular weight is 259 g/mol. The lowest BCUT2D eigenvalue weighted by Crippen LogP contribution is -2.45. The van der Waals surface area contributed by atoms with Gasteiger partial charge < -0.3 is 14.6 Å². The Morgan fingerprint density at radius 3 is 2.74 bits per heavy atom. The van der Waals surface area contributed by atoms with Gasteiger partial charge in [0.05, 0.1) is 18.8 Å². The summed E-state index contributed by atoms with van der Waals surface area (Å²) in [5.74, 6) is 1.19. The monoisotopic (exact) mass is 259 g/mol. The van der Waals surface area contributed by atoms with E-state index in [1.807, 2.05) is 31.2 Å². The number of aryl methyl sites for hydroxylation is 1. The third-order valence-electron chi connectivity index (χ3n) is 3.29. The predicted octanol–water partition coefficient (Wildman–Crippen LogP) is 2.49. The first-order valence-electron chi connectivity index (χ1n) is 6.38. The third kappa shape index (κ3) is 2.46. The van der Waals surface area contributed by atoms with E-state index in [1.54, 1.807) is 0 Å². The Labute approximate surface area is 112 Å². The Kier molecular flexibility index (Phi) is 2.98. The van der Waals surface area contributed by atoms with Crippen molar-refractivity contribution in [3.63, 3.8) is 0 Å². The van der Waals surface area contributed by atoms with Crippen LogP contribution in [-0.4, -0.2) is 29.9 Å². The Bertz CT molecular complexity index is 576. The summed E-state index contributed by atoms with van der Waals surface area (Å²) in [6.45, 7) is 6.51. The van der Waals surface area contributed by atoms with Crippen LogP contribution < -0.4 is 5.32 Å². The molecular weight excluding hydrogens is 242 g/mol. The first kappa shape index (κ1) is 12.2. The molecule has 1 N–H and O–H groups in total. The van der Waals surface area contributed by atoms with Crippen LogP contribution >= 0.6 is 0 Å². The lowest BCUT2D eigenvalue weighted by molar-refractivity contribution is -0.0924. The van der Waals surface area contributed by atoms with E-state index in [0.717, 1.165) is 31.0 Å². The summed E-state index contributed by atoms with van der Waals surface area (Å²) < 4.78 is 10.5. The second-order valence-corrected chi connectivity index (χ2v) is 5.35. The largest absolute Gasteiger partial charge is 0.384 e. The van der Waals surface area contributed by atoms with Crippen molar-refractivity contribution in [3.05, 3.63) is 30.1 Å². The highest BCUT2D eigenvalue weighted by Gasteiger charge is 2.33. The number of aromatic nitrogens is 2. The number of rotatable bonds is 4. The molecule has 1 aromatic heterocycles. The van der Waals surface area contributed by atoms with Crippen LogP contribution in [0.25, 0.3) is 11.5 Å². The Balaban J connectivity index is 1.81. The van der Waals surface area contributed by atoms with Crippen molar-refractivity contribution in [1.82, 2.24) is 10.1 Å². The number of anilines is 1. The van der Waals surface area contributed by atoms with E-state index in [4.69, 9.17) is 9.26 Å². The van der Waals surface area contributed by atoms with Crippen LogP contribution in [0.15, 0.2) is 28.8 Å². The first-order valence-corrected chi connectivity index (χ1v) is 6.38. The zero-order valence-electron chi connectivity index (χ0n) is 11.1. The molecule has 1 aliphatic heterocycles. The molecule has 1 fully saturated rings. The number of hydrogen-bond donors (Lipinski definition) is 1. The summed E-state index contributed by atoms with van der Waals surface area (Å²) in [6.07, 6.45) is 0. The van der Waals surface area contributed by atoms with Gasteiger partial charge in [-0.25, -0.2) is 0 Å². The number of para-hydroxylation sites is 1. The number of hydrogen-bond acceptors (Lipinski definition) is 5. The molecule has 0 bridgehead atoms. The smallest absolute Gasteiger partial charge is 0.260 e. The van der Waals surface area contributed by atoms with Crippen molar-refractivity contribution in [2.75, 3.05) is 25.1 Å². The fourth-order valence-corrected chi connectivity index (χ4v) is 2.09. The van der Waals surface area contributed by atoms with Crippen LogP contribution in [0, 0.1) is 12.3 Å². The fourth-order valence-electron chi connectivity index (χ4n) is 2.09. The van der Waals surface area contributed by atoms with Crippen LogP contribution in [0.1, 0.15) is 12.7 Å². The van der Waals surface area contributed by atoms with Gasteiger partial charge in [-0.2, -0.15) is 4.98 Å². The lowest BCUT2D eigenvalue weighted by Gasteiger charge is -2.38. The third-order valence-corrected chi connectivity index (χ3v) is 3.29. The zero-order chi connectivity index (χ0) is 13.3. The standard InChI is InChI=1S/C14H17N3O2/c1-10-16-13(19-17-10)11-5-3-4-6-12(11)15-7-14(2)8-18-9-14/h3-6,15H,7-9H2,1-2H3. The van der Waals surface area contributed by atoms with Crippen molar-refractivity contribution in [3.8, 4) is 11.5 Å². The number of ether oxygens (including phenoxy) is 1. The quantitative estimate of drug-likeness (QED) is 0.914. The van der Waals surface area contributed by atoms with E-state index < -0.39 is 0 Å². The minimum absolute atomic E-state index is 0.220. The summed E-state index contributed by atoms with van der Waals surface area (Å²) in [4.78, 5) is 4.28. The molecule has 5 nitrogen and oxygen atoms in total. The van der Waals surface area contributed by atoms with Gasteiger partial charge in [-0.15, -0.1) is 0 Å². The van der Waals surface area contributed by atoms with Gasteiger partial charge in [0.25, 0.3) is 5.89 Å². The van der Waals surface area contributed by atoms with E-state index >= 15 is 0 Å². The summed E-state index contributed by atoms with van der Waals surface area (Å²) in [5.41, 5.74) is 2.17. The van der Waals surface area contributed by atoms with E-state index in [9.17, 15) is 0 Å². The zero-order valence-corrected chi connectivity index (χ0v) is 11.1. The van der Waals surface area contributed by atoms with Crippen LogP contribution in [0.3, 0.4) is 0 Å². The SMILES string of the molecule is Cc1noc(-c2ccccc2NCC2(C)COC2)n1. The summed E-state index contributed by atoms with van der Waals surface area (Å²) >= 11 is 0. The molecule has 19 heavy (non-hydrogen) atoms. The second kappa shape index (κ2) is 4.66. The molecular formula is C14H17N3O2. The Hall–Kier alpha value is -1.88. The van der Waals surface area contributed by atoms with Gasteiger partial charge in [0.2, 0.25) is 0 Å². The second-order valence-electron chi connectivity index (χ2n) is 5.35. The molecule has 0 atom stereocenters. The number of benzene rings is 1. The van der Waals surface area contributed by atoms with Gasteiger partial charge in [-0.05, 0) is 19.1 Å². The summed E-state index contributed by atoms with van der Waals surface area (Å²) in [7, 11) is 0. The van der Waals surface area contributed by atoms with Crippen molar-refractivity contribution < 1.29 is 9.26 Å². The molecule has 0 spiro atoms. The maximum absolute atomic E-state index is 5.26. The van der Waals surface area contributed by atoms with Gasteiger partial charge in [0, 0.05) is 17.6 Å². The molecule has 1 aliphatic rings. The summed E-state index contributed by atoms with van der Waals surface area (Å²) in [5, 5.41) is 7.29. The van der Waals surface area contributed by atoms with E-state index in [2.05, 4.69) is 22.4 Å². The van der Waals surface area contributed by atoms with E-state index in [1.165, 1.54) is 0 Å². The molecule has 1 saturated heterocycles. The molecule has 0 radical (unpaired) electrons. The van der Waals surface area contributed by atoms with Crippen molar-refractivity contribution >= 4 is 5.69 Å². The van der Waals surface area contributed by atoms with E-state index in [-0.39, 0.29) is 5.41 Å². The molecule has 2 aromatic rings. The minimum atomic E-state index is 0.220. The highest BCUT2D eigenvalue weighted by atomic mass is 16.5. The highest BCUT2D eigenvalue weighted by molar-refractivity contribution is 5.72. The van der Waals surface area contributed by atoms with Gasteiger partial charge in [0.1, 0.15) is 0 Å².